The average molecular weight is 362 g/mol. The van der Waals surface area contributed by atoms with Crippen molar-refractivity contribution in [1.29, 1.82) is 0 Å². The van der Waals surface area contributed by atoms with Gasteiger partial charge in [0.2, 0.25) is 5.91 Å². The Hall–Kier alpha value is -1.50. The highest BCUT2D eigenvalue weighted by Crippen LogP contribution is 2.22. The van der Waals surface area contributed by atoms with Gasteiger partial charge in [-0.05, 0) is 32.0 Å². The molecule has 0 unspecified atom stereocenters. The van der Waals surface area contributed by atoms with Crippen molar-refractivity contribution in [2.45, 2.75) is 19.8 Å². The fourth-order valence-electron chi connectivity index (χ4n) is 2.45. The third-order valence-corrected chi connectivity index (χ3v) is 3.64. The van der Waals surface area contributed by atoms with Crippen molar-refractivity contribution in [3.63, 3.8) is 0 Å². The predicted molar refractivity (Wildman–Crippen MR) is 91.2 cm³/mol. The molecule has 1 fully saturated rings. The van der Waals surface area contributed by atoms with Crippen LogP contribution in [0.4, 0.5) is 0 Å². The van der Waals surface area contributed by atoms with Crippen LogP contribution in [0.3, 0.4) is 0 Å². The van der Waals surface area contributed by atoms with Gasteiger partial charge < -0.3 is 19.1 Å². The van der Waals surface area contributed by atoms with Crippen molar-refractivity contribution in [2.24, 2.45) is 0 Å². The summed E-state index contributed by atoms with van der Waals surface area (Å²) in [6.07, 6.45) is 2.83. The highest BCUT2D eigenvalue weighted by atomic mass is 35.5. The maximum Gasteiger partial charge on any atom is 0.263 e. The number of carbonyl (C=O) groups excluding carboxylic acids is 1. The van der Waals surface area contributed by atoms with Gasteiger partial charge in [0.15, 0.2) is 5.76 Å². The van der Waals surface area contributed by atoms with Gasteiger partial charge in [0.1, 0.15) is 5.76 Å². The molecule has 0 bridgehead atoms. The monoisotopic (exact) mass is 361 g/mol. The molecule has 0 spiro atoms. The second-order valence-corrected chi connectivity index (χ2v) is 5.16. The van der Waals surface area contributed by atoms with Crippen molar-refractivity contribution in [3.8, 4) is 11.7 Å². The number of amides is 1. The first-order chi connectivity index (χ1) is 10.2. The molecule has 0 atom stereocenters. The van der Waals surface area contributed by atoms with Crippen LogP contribution in [-0.2, 0) is 11.2 Å². The zero-order chi connectivity index (χ0) is 14.7. The van der Waals surface area contributed by atoms with E-state index in [9.17, 15) is 4.79 Å². The largest absolute Gasteiger partial charge is 0.459 e. The summed E-state index contributed by atoms with van der Waals surface area (Å²) in [7, 11) is 0. The quantitative estimate of drug-likeness (QED) is 0.908. The molecule has 6 nitrogen and oxygen atoms in total. The minimum Gasteiger partial charge on any atom is -0.459 e. The maximum atomic E-state index is 12.4. The van der Waals surface area contributed by atoms with Crippen LogP contribution < -0.4 is 5.32 Å². The molecule has 0 aliphatic carbocycles. The van der Waals surface area contributed by atoms with Gasteiger partial charge in [-0.3, -0.25) is 4.79 Å². The lowest BCUT2D eigenvalue weighted by molar-refractivity contribution is -0.130. The number of carbonyl (C=O) groups is 1. The van der Waals surface area contributed by atoms with Crippen molar-refractivity contribution in [3.05, 3.63) is 29.9 Å². The standard InChI is InChI=1S/C15H19N3O3.2ClH/c1-11-12(17-15(21-11)13-4-2-9-20-13)10-14(19)18-7-3-5-16-6-8-18;;/h2,4,9,16H,3,5-8,10H2,1H3;2*1H. The summed E-state index contributed by atoms with van der Waals surface area (Å²) in [6, 6.07) is 3.57. The summed E-state index contributed by atoms with van der Waals surface area (Å²) in [5.74, 6) is 1.78. The molecule has 1 aliphatic heterocycles. The van der Waals surface area contributed by atoms with Gasteiger partial charge in [0, 0.05) is 19.6 Å². The molecule has 3 rings (SSSR count). The number of aryl methyl sites for hydroxylation is 1. The van der Waals surface area contributed by atoms with Crippen LogP contribution >= 0.6 is 24.8 Å². The Bertz CT molecular complexity index is 606. The van der Waals surface area contributed by atoms with Crippen LogP contribution in [0.5, 0.6) is 0 Å². The number of halogens is 2. The van der Waals surface area contributed by atoms with Gasteiger partial charge >= 0.3 is 0 Å². The molecule has 128 valence electrons. The molecule has 1 N–H and O–H groups in total. The van der Waals surface area contributed by atoms with Crippen molar-refractivity contribution < 1.29 is 13.6 Å². The highest BCUT2D eigenvalue weighted by molar-refractivity contribution is 5.85. The summed E-state index contributed by atoms with van der Waals surface area (Å²) in [5, 5.41) is 3.29. The zero-order valence-electron chi connectivity index (χ0n) is 12.9. The molecule has 1 amide bonds. The van der Waals surface area contributed by atoms with E-state index in [4.69, 9.17) is 8.83 Å². The Morgan fingerprint density at radius 3 is 2.91 bits per heavy atom. The number of hydrogen-bond donors (Lipinski definition) is 1. The molecule has 1 saturated heterocycles. The maximum absolute atomic E-state index is 12.4. The summed E-state index contributed by atoms with van der Waals surface area (Å²) >= 11 is 0. The van der Waals surface area contributed by atoms with E-state index in [0.29, 0.717) is 23.1 Å². The van der Waals surface area contributed by atoms with Crippen molar-refractivity contribution in [2.75, 3.05) is 26.2 Å². The lowest BCUT2D eigenvalue weighted by Gasteiger charge is -2.19. The third-order valence-electron chi connectivity index (χ3n) is 3.64. The fourth-order valence-corrected chi connectivity index (χ4v) is 2.45. The molecule has 0 aromatic carbocycles. The average Bonchev–Trinajstić information content (AvgIpc) is 3.02. The van der Waals surface area contributed by atoms with E-state index in [0.717, 1.165) is 32.6 Å². The zero-order valence-corrected chi connectivity index (χ0v) is 14.5. The number of nitrogens with zero attached hydrogens (tertiary/aromatic N) is 2. The van der Waals surface area contributed by atoms with E-state index in [-0.39, 0.29) is 37.1 Å². The summed E-state index contributed by atoms with van der Waals surface area (Å²) in [5.41, 5.74) is 0.684. The Labute approximate surface area is 147 Å². The lowest BCUT2D eigenvalue weighted by Crippen LogP contribution is -2.35. The number of oxazole rings is 1. The van der Waals surface area contributed by atoms with Gasteiger partial charge in [-0.1, -0.05) is 0 Å². The number of rotatable bonds is 3. The first kappa shape index (κ1) is 19.5. The van der Waals surface area contributed by atoms with Crippen molar-refractivity contribution >= 4 is 30.7 Å². The van der Waals surface area contributed by atoms with E-state index in [1.54, 1.807) is 18.4 Å². The molecule has 0 radical (unpaired) electrons. The molecule has 2 aromatic rings. The summed E-state index contributed by atoms with van der Waals surface area (Å²) < 4.78 is 10.8. The Kier molecular flexibility index (Phi) is 7.61. The van der Waals surface area contributed by atoms with Gasteiger partial charge in [0.25, 0.3) is 5.89 Å². The first-order valence-corrected chi connectivity index (χ1v) is 7.23. The molecule has 23 heavy (non-hydrogen) atoms. The van der Waals surface area contributed by atoms with Crippen molar-refractivity contribution in [1.82, 2.24) is 15.2 Å². The van der Waals surface area contributed by atoms with E-state index in [1.165, 1.54) is 0 Å². The van der Waals surface area contributed by atoms with Crippen LogP contribution in [0.2, 0.25) is 0 Å². The fraction of sp³-hybridized carbons (Fsp3) is 0.467. The number of aromatic nitrogens is 1. The smallest absolute Gasteiger partial charge is 0.263 e. The summed E-state index contributed by atoms with van der Waals surface area (Å²) in [6.45, 7) is 5.19. The number of nitrogens with one attached hydrogen (secondary N) is 1. The normalized spacial score (nSPS) is 14.6. The van der Waals surface area contributed by atoms with Crippen LogP contribution in [0.1, 0.15) is 17.9 Å². The summed E-state index contributed by atoms with van der Waals surface area (Å²) in [4.78, 5) is 18.6. The molecule has 0 saturated carbocycles. The molecular formula is C15H21Cl2N3O3. The lowest BCUT2D eigenvalue weighted by atomic mass is 10.2. The second-order valence-electron chi connectivity index (χ2n) is 5.16. The third kappa shape index (κ3) is 4.73. The van der Waals surface area contributed by atoms with E-state index in [2.05, 4.69) is 10.3 Å². The van der Waals surface area contributed by atoms with Crippen LogP contribution in [0.25, 0.3) is 11.7 Å². The first-order valence-electron chi connectivity index (χ1n) is 7.23. The van der Waals surface area contributed by atoms with Gasteiger partial charge in [-0.25, -0.2) is 4.98 Å². The van der Waals surface area contributed by atoms with Crippen LogP contribution in [0.15, 0.2) is 27.2 Å². The van der Waals surface area contributed by atoms with Gasteiger partial charge in [-0.15, -0.1) is 24.8 Å². The molecular weight excluding hydrogens is 341 g/mol. The highest BCUT2D eigenvalue weighted by Gasteiger charge is 2.20. The molecule has 2 aromatic heterocycles. The minimum atomic E-state index is 0. The topological polar surface area (TPSA) is 71.5 Å². The van der Waals surface area contributed by atoms with Crippen LogP contribution in [-0.4, -0.2) is 42.0 Å². The van der Waals surface area contributed by atoms with E-state index >= 15 is 0 Å². The van der Waals surface area contributed by atoms with Gasteiger partial charge in [-0.2, -0.15) is 0 Å². The predicted octanol–water partition coefficient (Wildman–Crippen LogP) is 2.45. The Morgan fingerprint density at radius 1 is 1.35 bits per heavy atom. The van der Waals surface area contributed by atoms with Crippen LogP contribution in [0, 0.1) is 6.92 Å². The number of furan rings is 1. The van der Waals surface area contributed by atoms with E-state index < -0.39 is 0 Å². The second kappa shape index (κ2) is 8.96. The van der Waals surface area contributed by atoms with E-state index in [1.807, 2.05) is 11.8 Å². The Balaban J connectivity index is 0.00000132. The van der Waals surface area contributed by atoms with Gasteiger partial charge in [0.05, 0.1) is 18.4 Å². The molecule has 3 heterocycles. The number of hydrogen-bond acceptors (Lipinski definition) is 5. The molecule has 1 aliphatic rings. The molecule has 8 heteroatoms. The minimum absolute atomic E-state index is 0. The SMILES string of the molecule is Cc1oc(-c2ccco2)nc1CC(=O)N1CCCNCC1.Cl.Cl. The Morgan fingerprint density at radius 2 is 2.17 bits per heavy atom.